The fraction of sp³-hybridized carbons (Fsp3) is 0.296. The van der Waals surface area contributed by atoms with E-state index in [1.54, 1.807) is 7.11 Å². The molecule has 3 aromatic carbocycles. The predicted octanol–water partition coefficient (Wildman–Crippen LogP) is 7.41. The molecular formula is C27H28BrNO3. The Hall–Kier alpha value is -2.79. The van der Waals surface area contributed by atoms with Crippen molar-refractivity contribution in [1.29, 1.82) is 0 Å². The van der Waals surface area contributed by atoms with Crippen LogP contribution in [0.1, 0.15) is 54.5 Å². The fourth-order valence-electron chi connectivity index (χ4n) is 4.42. The number of rotatable bonds is 5. The second-order valence-electron chi connectivity index (χ2n) is 8.36. The minimum Gasteiger partial charge on any atom is -0.496 e. The molecule has 5 heteroatoms. The van der Waals surface area contributed by atoms with Gasteiger partial charge >= 0.3 is 6.09 Å². The van der Waals surface area contributed by atoms with Gasteiger partial charge in [-0.05, 0) is 53.6 Å². The van der Waals surface area contributed by atoms with Crippen molar-refractivity contribution in [3.8, 4) is 5.75 Å². The molecule has 0 aliphatic carbocycles. The Kier molecular flexibility index (Phi) is 6.85. The number of ether oxygens (including phenoxy) is 2. The van der Waals surface area contributed by atoms with Crippen LogP contribution in [0.3, 0.4) is 0 Å². The number of methoxy groups -OCH3 is 1. The molecule has 0 bridgehead atoms. The van der Waals surface area contributed by atoms with Crippen molar-refractivity contribution in [2.24, 2.45) is 0 Å². The monoisotopic (exact) mass is 493 g/mol. The summed E-state index contributed by atoms with van der Waals surface area (Å²) in [6.07, 6.45) is 1.33. The van der Waals surface area contributed by atoms with E-state index < -0.39 is 0 Å². The molecule has 0 saturated heterocycles. The number of carbonyl (C=O) groups excluding carboxylic acids is 1. The molecule has 4 nitrogen and oxygen atoms in total. The maximum atomic E-state index is 13.6. The Morgan fingerprint density at radius 2 is 1.81 bits per heavy atom. The number of anilines is 1. The van der Waals surface area contributed by atoms with Gasteiger partial charge in [0.25, 0.3) is 0 Å². The lowest BCUT2D eigenvalue weighted by atomic mass is 9.87. The second kappa shape index (κ2) is 9.78. The van der Waals surface area contributed by atoms with Gasteiger partial charge in [0.15, 0.2) is 0 Å². The third kappa shape index (κ3) is 4.53. The molecule has 32 heavy (non-hydrogen) atoms. The van der Waals surface area contributed by atoms with Gasteiger partial charge in [0.05, 0.1) is 18.8 Å². The third-order valence-corrected chi connectivity index (χ3v) is 6.40. The highest BCUT2D eigenvalue weighted by Crippen LogP contribution is 2.46. The van der Waals surface area contributed by atoms with Crippen molar-refractivity contribution in [2.75, 3.05) is 12.0 Å². The third-order valence-electron chi connectivity index (χ3n) is 5.94. The summed E-state index contributed by atoms with van der Waals surface area (Å²) in [5, 5.41) is 0. The maximum Gasteiger partial charge on any atom is 0.415 e. The Labute approximate surface area is 198 Å². The van der Waals surface area contributed by atoms with Gasteiger partial charge in [-0.25, -0.2) is 4.79 Å². The zero-order valence-corrected chi connectivity index (χ0v) is 20.3. The SMILES string of the molecule is COc1ccccc1C1CCc2cc(Br)cc(C(C)C)c2N1C(=O)OCc1ccccc1. The summed E-state index contributed by atoms with van der Waals surface area (Å²) in [6.45, 7) is 4.54. The highest BCUT2D eigenvalue weighted by molar-refractivity contribution is 9.10. The fourth-order valence-corrected chi connectivity index (χ4v) is 4.95. The largest absolute Gasteiger partial charge is 0.496 e. The Morgan fingerprint density at radius 1 is 1.09 bits per heavy atom. The van der Waals surface area contributed by atoms with Gasteiger partial charge in [-0.2, -0.15) is 0 Å². The number of amides is 1. The molecule has 0 radical (unpaired) electrons. The van der Waals surface area contributed by atoms with E-state index in [0.29, 0.717) is 0 Å². The first kappa shape index (κ1) is 22.4. The van der Waals surface area contributed by atoms with Crippen LogP contribution in [0, 0.1) is 0 Å². The summed E-state index contributed by atoms with van der Waals surface area (Å²) in [6, 6.07) is 21.8. The molecule has 4 rings (SSSR count). The van der Waals surface area contributed by atoms with Gasteiger partial charge in [0, 0.05) is 10.0 Å². The quantitative estimate of drug-likeness (QED) is 0.371. The summed E-state index contributed by atoms with van der Waals surface area (Å²) >= 11 is 3.66. The molecule has 1 heterocycles. The standard InChI is InChI=1S/C27H28BrNO3/c1-18(2)23-16-21(28)15-20-13-14-24(22-11-7-8-12-25(22)31-3)29(26(20)23)27(30)32-17-19-9-5-4-6-10-19/h4-12,15-16,18,24H,13-14,17H2,1-3H3. The van der Waals surface area contributed by atoms with Crippen LogP contribution in [-0.4, -0.2) is 13.2 Å². The average Bonchev–Trinajstić information content (AvgIpc) is 2.81. The van der Waals surface area contributed by atoms with Crippen molar-refractivity contribution in [3.05, 3.63) is 93.5 Å². The van der Waals surface area contributed by atoms with Crippen LogP contribution in [0.25, 0.3) is 0 Å². The Morgan fingerprint density at radius 3 is 2.53 bits per heavy atom. The van der Waals surface area contributed by atoms with Gasteiger partial charge in [0.1, 0.15) is 12.4 Å². The summed E-state index contributed by atoms with van der Waals surface area (Å²) in [7, 11) is 1.67. The zero-order valence-electron chi connectivity index (χ0n) is 18.7. The molecule has 1 amide bonds. The molecule has 0 saturated carbocycles. The normalized spacial score (nSPS) is 15.4. The molecule has 0 fully saturated rings. The van der Waals surface area contributed by atoms with Crippen molar-refractivity contribution in [2.45, 2.75) is 45.3 Å². The van der Waals surface area contributed by atoms with Crippen molar-refractivity contribution in [1.82, 2.24) is 0 Å². The smallest absolute Gasteiger partial charge is 0.415 e. The molecule has 1 aliphatic heterocycles. The van der Waals surface area contributed by atoms with Gasteiger partial charge in [-0.15, -0.1) is 0 Å². The summed E-state index contributed by atoms with van der Waals surface area (Å²) < 4.78 is 12.5. The number of benzene rings is 3. The highest BCUT2D eigenvalue weighted by atomic mass is 79.9. The van der Waals surface area contributed by atoms with Gasteiger partial charge in [-0.3, -0.25) is 4.90 Å². The van der Waals surface area contributed by atoms with Crippen molar-refractivity contribution in [3.63, 3.8) is 0 Å². The van der Waals surface area contributed by atoms with Gasteiger partial charge in [0.2, 0.25) is 0 Å². The minimum atomic E-state index is -0.338. The number of halogens is 1. The minimum absolute atomic E-state index is 0.166. The van der Waals surface area contributed by atoms with Crippen LogP contribution in [-0.2, 0) is 17.8 Å². The molecule has 166 valence electrons. The van der Waals surface area contributed by atoms with E-state index in [-0.39, 0.29) is 24.7 Å². The first-order valence-electron chi connectivity index (χ1n) is 10.9. The molecule has 1 unspecified atom stereocenters. The van der Waals surface area contributed by atoms with Crippen LogP contribution in [0.15, 0.2) is 71.2 Å². The van der Waals surface area contributed by atoms with Gasteiger partial charge in [-0.1, -0.05) is 78.3 Å². The van der Waals surface area contributed by atoms with E-state index in [2.05, 4.69) is 41.9 Å². The van der Waals surface area contributed by atoms with Crippen molar-refractivity contribution < 1.29 is 14.3 Å². The molecular weight excluding hydrogens is 466 g/mol. The molecule has 0 N–H and O–H groups in total. The lowest BCUT2D eigenvalue weighted by molar-refractivity contribution is 0.143. The van der Waals surface area contributed by atoms with Crippen LogP contribution < -0.4 is 9.64 Å². The molecule has 1 aliphatic rings. The lowest BCUT2D eigenvalue weighted by Gasteiger charge is -2.39. The van der Waals surface area contributed by atoms with Crippen LogP contribution >= 0.6 is 15.9 Å². The lowest BCUT2D eigenvalue weighted by Crippen LogP contribution is -2.39. The van der Waals surface area contributed by atoms with E-state index in [4.69, 9.17) is 9.47 Å². The number of nitrogens with zero attached hydrogens (tertiary/aromatic N) is 1. The van der Waals surface area contributed by atoms with Crippen molar-refractivity contribution >= 4 is 27.7 Å². The summed E-state index contributed by atoms with van der Waals surface area (Å²) in [4.78, 5) is 15.5. The number of aryl methyl sites for hydroxylation is 1. The number of carbonyl (C=O) groups is 1. The molecule has 0 spiro atoms. The molecule has 3 aromatic rings. The van der Waals surface area contributed by atoms with E-state index in [9.17, 15) is 4.79 Å². The van der Waals surface area contributed by atoms with Crippen LogP contribution in [0.4, 0.5) is 10.5 Å². The maximum absolute atomic E-state index is 13.6. The topological polar surface area (TPSA) is 38.8 Å². The average molecular weight is 494 g/mol. The summed E-state index contributed by atoms with van der Waals surface area (Å²) in [5.41, 5.74) is 5.21. The number of hydrogen-bond acceptors (Lipinski definition) is 3. The number of para-hydroxylation sites is 1. The number of fused-ring (bicyclic) bond motifs is 1. The zero-order chi connectivity index (χ0) is 22.7. The molecule has 1 atom stereocenters. The van der Waals surface area contributed by atoms with E-state index >= 15 is 0 Å². The van der Waals surface area contributed by atoms with Crippen LogP contribution in [0.5, 0.6) is 5.75 Å². The van der Waals surface area contributed by atoms with E-state index in [1.807, 2.05) is 59.5 Å². The Bertz CT molecular complexity index is 1100. The summed E-state index contributed by atoms with van der Waals surface area (Å²) in [5.74, 6) is 1.03. The van der Waals surface area contributed by atoms with E-state index in [0.717, 1.165) is 51.0 Å². The van der Waals surface area contributed by atoms with E-state index in [1.165, 1.54) is 0 Å². The first-order valence-corrected chi connectivity index (χ1v) is 11.7. The predicted molar refractivity (Wildman–Crippen MR) is 131 cm³/mol. The van der Waals surface area contributed by atoms with Gasteiger partial charge < -0.3 is 9.47 Å². The molecule has 0 aromatic heterocycles. The number of hydrogen-bond donors (Lipinski definition) is 0. The highest BCUT2D eigenvalue weighted by Gasteiger charge is 2.37. The first-order chi connectivity index (χ1) is 15.5. The van der Waals surface area contributed by atoms with Crippen LogP contribution in [0.2, 0.25) is 0 Å². The second-order valence-corrected chi connectivity index (χ2v) is 9.28. The Balaban J connectivity index is 1.79.